The van der Waals surface area contributed by atoms with Crippen LogP contribution in [-0.2, 0) is 17.4 Å². The Morgan fingerprint density at radius 2 is 1.68 bits per heavy atom. The number of phenolic OH excluding ortho intramolecular Hbond substituents is 1. The van der Waals surface area contributed by atoms with E-state index in [-0.39, 0.29) is 5.92 Å². The van der Waals surface area contributed by atoms with Crippen LogP contribution in [0.15, 0.2) is 95.0 Å². The average molecular weight is 657 g/mol. The molecule has 0 aliphatic carbocycles. The summed E-state index contributed by atoms with van der Waals surface area (Å²) in [7, 11) is -3.50. The monoisotopic (exact) mass is 656 g/mol. The maximum Gasteiger partial charge on any atom is 0.340 e. The third kappa shape index (κ3) is 11.1. The number of aryl methyl sites for hydroxylation is 3. The number of allylic oxidation sites excluding steroid dienone is 4. The normalized spacial score (nSPS) is 13.7. The first-order chi connectivity index (χ1) is 22.2. The van der Waals surface area contributed by atoms with Crippen LogP contribution in [0.1, 0.15) is 91.5 Å². The highest BCUT2D eigenvalue weighted by Crippen LogP contribution is 2.42. The van der Waals surface area contributed by atoms with Gasteiger partial charge in [0.15, 0.2) is 11.5 Å². The first kappa shape index (κ1) is 37.1. The van der Waals surface area contributed by atoms with E-state index in [4.69, 9.17) is 14.2 Å². The quantitative estimate of drug-likeness (QED) is 0.123. The van der Waals surface area contributed by atoms with Gasteiger partial charge in [-0.1, -0.05) is 99.1 Å². The minimum Gasteiger partial charge on any atom is -0.508 e. The van der Waals surface area contributed by atoms with Crippen LogP contribution in [0.5, 0.6) is 11.5 Å². The number of carbonyl (C=O) groups is 1. The van der Waals surface area contributed by atoms with E-state index in [0.717, 1.165) is 12.0 Å². The van der Waals surface area contributed by atoms with Gasteiger partial charge in [0.25, 0.3) is 5.91 Å². The van der Waals surface area contributed by atoms with Crippen molar-refractivity contribution >= 4 is 19.0 Å². The maximum atomic E-state index is 13.1. The summed E-state index contributed by atoms with van der Waals surface area (Å²) in [5.74, 6) is 1.47. The molecule has 1 amide bonds. The Kier molecular flexibility index (Phi) is 13.4. The van der Waals surface area contributed by atoms with Crippen LogP contribution in [0.2, 0.25) is 0 Å². The highest BCUT2D eigenvalue weighted by atomic mass is 31.2. The molecule has 1 aromatic heterocycles. The molecule has 0 bridgehead atoms. The molecule has 0 spiro atoms. The highest BCUT2D eigenvalue weighted by molar-refractivity contribution is 7.57. The molecule has 2 N–H and O–H groups in total. The zero-order chi connectivity index (χ0) is 34.7. The van der Waals surface area contributed by atoms with Crippen molar-refractivity contribution in [3.05, 3.63) is 130 Å². The van der Waals surface area contributed by atoms with Gasteiger partial charge in [-0.25, -0.2) is 0 Å². The van der Waals surface area contributed by atoms with Gasteiger partial charge >= 0.3 is 7.52 Å². The summed E-state index contributed by atoms with van der Waals surface area (Å²) < 4.78 is 23.9. The Bertz CT molecular complexity index is 1750. The zero-order valence-corrected chi connectivity index (χ0v) is 30.0. The Morgan fingerprint density at radius 3 is 2.32 bits per heavy atom. The lowest BCUT2D eigenvalue weighted by Gasteiger charge is -2.17. The number of carbonyl (C=O) groups excluding carboxylic acids is 1. The molecular weight excluding hydrogens is 607 g/mol. The number of aromatic hydroxyl groups is 1. The number of hydrogen-bond acceptors (Lipinski definition) is 6. The van der Waals surface area contributed by atoms with Gasteiger partial charge in [0, 0.05) is 24.6 Å². The van der Waals surface area contributed by atoms with Gasteiger partial charge in [0.2, 0.25) is 0 Å². The molecule has 0 radical (unpaired) electrons. The lowest BCUT2D eigenvalue weighted by Crippen LogP contribution is -2.22. The van der Waals surface area contributed by atoms with Crippen LogP contribution in [0.3, 0.4) is 0 Å². The molecule has 2 atom stereocenters. The van der Waals surface area contributed by atoms with Crippen molar-refractivity contribution in [1.29, 1.82) is 0 Å². The molecule has 0 aliphatic heterocycles. The van der Waals surface area contributed by atoms with Gasteiger partial charge in [-0.2, -0.15) is 0 Å². The highest BCUT2D eigenvalue weighted by Gasteiger charge is 2.26. The van der Waals surface area contributed by atoms with Crippen molar-refractivity contribution in [2.24, 2.45) is 5.92 Å². The number of rotatable bonds is 11. The van der Waals surface area contributed by atoms with Gasteiger partial charge in [-0.15, -0.1) is 0 Å². The fraction of sp³-hybridized carbons (Fsp3) is 0.333. The summed E-state index contributed by atoms with van der Waals surface area (Å²) >= 11 is 0. The van der Waals surface area contributed by atoms with E-state index in [2.05, 4.69) is 76.1 Å². The fourth-order valence-electron chi connectivity index (χ4n) is 5.02. The van der Waals surface area contributed by atoms with E-state index in [1.807, 2.05) is 49.4 Å². The Hall–Kier alpha value is -4.35. The molecule has 0 fully saturated rings. The predicted octanol–water partition coefficient (Wildman–Crippen LogP) is 10.2. The first-order valence-electron chi connectivity index (χ1n) is 16.0. The number of benzene rings is 3. The van der Waals surface area contributed by atoms with Crippen LogP contribution in [0.4, 0.5) is 0 Å². The van der Waals surface area contributed by atoms with Gasteiger partial charge in [-0.3, -0.25) is 14.4 Å². The van der Waals surface area contributed by atoms with E-state index in [9.17, 15) is 9.36 Å². The average Bonchev–Trinajstić information content (AvgIpc) is 3.38. The smallest absolute Gasteiger partial charge is 0.340 e. The van der Waals surface area contributed by atoms with Crippen molar-refractivity contribution in [2.75, 3.05) is 6.66 Å². The molecule has 3 aromatic carbocycles. The molecule has 1 heterocycles. The van der Waals surface area contributed by atoms with E-state index >= 15 is 0 Å². The van der Waals surface area contributed by atoms with E-state index < -0.39 is 13.4 Å². The lowest BCUT2D eigenvalue weighted by molar-refractivity contribution is 0.0977. The first-order valence-corrected chi connectivity index (χ1v) is 18.1. The summed E-state index contributed by atoms with van der Waals surface area (Å²) in [5, 5.41) is 15.4. The molecule has 7 nitrogen and oxygen atoms in total. The van der Waals surface area contributed by atoms with Crippen molar-refractivity contribution in [3.8, 4) is 11.5 Å². The zero-order valence-electron chi connectivity index (χ0n) is 29.1. The molecule has 0 aliphatic rings. The number of amides is 1. The Balaban J connectivity index is 0.000000461. The summed E-state index contributed by atoms with van der Waals surface area (Å²) in [6, 6.07) is 23.1. The molecule has 250 valence electrons. The van der Waals surface area contributed by atoms with E-state index in [0.29, 0.717) is 40.9 Å². The third-order valence-electron chi connectivity index (χ3n) is 7.84. The van der Waals surface area contributed by atoms with Crippen LogP contribution >= 0.6 is 7.52 Å². The molecular formula is C39H49N2O5P. The van der Waals surface area contributed by atoms with Crippen molar-refractivity contribution in [1.82, 2.24) is 10.2 Å². The van der Waals surface area contributed by atoms with Crippen molar-refractivity contribution < 1.29 is 23.5 Å². The maximum absolute atomic E-state index is 13.1. The second kappa shape index (κ2) is 17.0. The number of aromatic nitrogens is 1. The fourth-order valence-corrected chi connectivity index (χ4v) is 6.14. The largest absolute Gasteiger partial charge is 0.508 e. The van der Waals surface area contributed by atoms with Gasteiger partial charge in [0.05, 0.1) is 0 Å². The molecule has 4 rings (SSSR count). The summed E-state index contributed by atoms with van der Waals surface area (Å²) in [6.07, 6.45) is 5.88. The minimum atomic E-state index is -3.50. The molecule has 2 unspecified atom stereocenters. The van der Waals surface area contributed by atoms with Gasteiger partial charge in [0.1, 0.15) is 11.4 Å². The second-order valence-electron chi connectivity index (χ2n) is 12.4. The van der Waals surface area contributed by atoms with Crippen LogP contribution in [0.25, 0.3) is 5.57 Å². The summed E-state index contributed by atoms with van der Waals surface area (Å²) in [4.78, 5) is 13.0. The predicted molar refractivity (Wildman–Crippen MR) is 192 cm³/mol. The van der Waals surface area contributed by atoms with Gasteiger partial charge < -0.3 is 14.2 Å². The van der Waals surface area contributed by atoms with Gasteiger partial charge in [-0.05, 0) is 92.1 Å². The SMILES string of the molecule is CC(C)Cc1ccc(O)cc1.CCc1onc(C)c1OP(C)(=O)NC(=O)c1cccc(C(C)/C(C)=C\C=C(/C)c2ccccc2C)c1. The number of nitrogens with zero attached hydrogens (tertiary/aromatic N) is 1. The van der Waals surface area contributed by atoms with E-state index in [1.165, 1.54) is 34.5 Å². The summed E-state index contributed by atoms with van der Waals surface area (Å²) in [6.45, 7) is 17.7. The molecule has 47 heavy (non-hydrogen) atoms. The summed E-state index contributed by atoms with van der Waals surface area (Å²) in [5.41, 5.74) is 8.03. The van der Waals surface area contributed by atoms with Crippen LogP contribution in [0, 0.1) is 19.8 Å². The van der Waals surface area contributed by atoms with Crippen molar-refractivity contribution in [3.63, 3.8) is 0 Å². The third-order valence-corrected chi connectivity index (χ3v) is 8.98. The molecule has 0 saturated carbocycles. The second-order valence-corrected chi connectivity index (χ2v) is 14.5. The lowest BCUT2D eigenvalue weighted by atomic mass is 9.92. The molecule has 4 aromatic rings. The number of nitrogens with one attached hydrogen (secondary N) is 1. The topological polar surface area (TPSA) is 102 Å². The molecule has 0 saturated heterocycles. The number of hydrogen-bond donors (Lipinski definition) is 2. The number of phenols is 1. The van der Waals surface area contributed by atoms with E-state index in [1.54, 1.807) is 25.1 Å². The molecule has 8 heteroatoms. The Labute approximate surface area is 280 Å². The standard InChI is InChI=1S/C29H35N2O4P.C10H14O/c1-8-27-28(23(6)30-34-27)35-36(7,33)31-29(32)25-14-11-13-24(18-25)22(5)19(2)16-17-21(4)26-15-10-9-12-20(26)3;1-8(2)7-9-3-5-10(11)6-4-9/h9-18,22H,8H2,1-7H3,(H,31,32,33);3-6,8,11H,7H2,1-2H3/b19-16-,21-17+;. The minimum absolute atomic E-state index is 0.0927. The van der Waals surface area contributed by atoms with Crippen molar-refractivity contribution in [2.45, 2.75) is 74.1 Å². The van der Waals surface area contributed by atoms with Crippen LogP contribution < -0.4 is 9.61 Å². The Morgan fingerprint density at radius 1 is 1.00 bits per heavy atom. The van der Waals surface area contributed by atoms with Crippen LogP contribution in [-0.4, -0.2) is 22.8 Å².